The maximum absolute atomic E-state index is 5.36. The summed E-state index contributed by atoms with van der Waals surface area (Å²) in [5.41, 5.74) is 3.65. The molecule has 0 aliphatic carbocycles. The monoisotopic (exact) mass is 189 g/mol. The molecule has 74 valence electrons. The van der Waals surface area contributed by atoms with Gasteiger partial charge in [-0.05, 0) is 19.9 Å². The Balaban J connectivity index is 2.67. The summed E-state index contributed by atoms with van der Waals surface area (Å²) in [5.74, 6) is 0. The van der Waals surface area contributed by atoms with Crippen LogP contribution >= 0.6 is 0 Å². The number of aryl methyl sites for hydroxylation is 1. The molecular formula is C12H15NO. The lowest BCUT2D eigenvalue weighted by Gasteiger charge is -2.09. The van der Waals surface area contributed by atoms with Crippen molar-refractivity contribution >= 4 is 10.9 Å². The van der Waals surface area contributed by atoms with Gasteiger partial charge in [0.1, 0.15) is 0 Å². The van der Waals surface area contributed by atoms with Gasteiger partial charge in [0.15, 0.2) is 0 Å². The lowest BCUT2D eigenvalue weighted by molar-refractivity contribution is 0.120. The van der Waals surface area contributed by atoms with Crippen LogP contribution in [0.3, 0.4) is 0 Å². The summed E-state index contributed by atoms with van der Waals surface area (Å²) in [6.45, 7) is 4.16. The average Bonchev–Trinajstić information content (AvgIpc) is 2.53. The molecule has 1 N–H and O–H groups in total. The van der Waals surface area contributed by atoms with E-state index in [-0.39, 0.29) is 6.10 Å². The minimum Gasteiger partial charge on any atom is -0.377 e. The Morgan fingerprint density at radius 1 is 1.29 bits per heavy atom. The van der Waals surface area contributed by atoms with Gasteiger partial charge in [-0.1, -0.05) is 18.2 Å². The van der Waals surface area contributed by atoms with Crippen molar-refractivity contribution in [3.63, 3.8) is 0 Å². The van der Waals surface area contributed by atoms with Crippen LogP contribution in [0.1, 0.15) is 24.3 Å². The zero-order chi connectivity index (χ0) is 10.1. The van der Waals surface area contributed by atoms with Crippen molar-refractivity contribution in [3.05, 3.63) is 35.5 Å². The Labute approximate surface area is 83.9 Å². The number of benzene rings is 1. The number of nitrogens with one attached hydrogen (secondary N) is 1. The Hall–Kier alpha value is -1.28. The Kier molecular flexibility index (Phi) is 2.30. The van der Waals surface area contributed by atoms with E-state index in [4.69, 9.17) is 4.74 Å². The summed E-state index contributed by atoms with van der Waals surface area (Å²) in [5, 5.41) is 1.26. The van der Waals surface area contributed by atoms with Crippen LogP contribution in [0.5, 0.6) is 0 Å². The fourth-order valence-electron chi connectivity index (χ4n) is 1.94. The van der Waals surface area contributed by atoms with Crippen molar-refractivity contribution in [2.45, 2.75) is 20.0 Å². The van der Waals surface area contributed by atoms with E-state index in [1.807, 2.05) is 6.07 Å². The maximum atomic E-state index is 5.36. The first-order valence-corrected chi connectivity index (χ1v) is 4.84. The molecule has 2 heteroatoms. The number of para-hydroxylation sites is 1. The Morgan fingerprint density at radius 2 is 2.00 bits per heavy atom. The van der Waals surface area contributed by atoms with Gasteiger partial charge < -0.3 is 9.72 Å². The van der Waals surface area contributed by atoms with Gasteiger partial charge in [-0.15, -0.1) is 0 Å². The number of ether oxygens (including phenoxy) is 1. The van der Waals surface area contributed by atoms with Crippen LogP contribution in [0.4, 0.5) is 0 Å². The number of aromatic amines is 1. The lowest BCUT2D eigenvalue weighted by Crippen LogP contribution is -1.96. The largest absolute Gasteiger partial charge is 0.377 e. The molecule has 1 aromatic carbocycles. The minimum absolute atomic E-state index is 0.145. The van der Waals surface area contributed by atoms with Gasteiger partial charge in [0.05, 0.1) is 6.10 Å². The third-order valence-electron chi connectivity index (χ3n) is 2.70. The van der Waals surface area contributed by atoms with Crippen LogP contribution in [-0.4, -0.2) is 12.1 Å². The summed E-state index contributed by atoms with van der Waals surface area (Å²) >= 11 is 0. The van der Waals surface area contributed by atoms with Crippen molar-refractivity contribution in [2.24, 2.45) is 0 Å². The lowest BCUT2D eigenvalue weighted by atomic mass is 10.1. The molecule has 1 aromatic heterocycles. The first-order chi connectivity index (χ1) is 6.74. The van der Waals surface area contributed by atoms with E-state index < -0.39 is 0 Å². The molecule has 0 saturated carbocycles. The quantitative estimate of drug-likeness (QED) is 0.771. The molecule has 0 radical (unpaired) electrons. The van der Waals surface area contributed by atoms with E-state index in [2.05, 4.69) is 37.0 Å². The van der Waals surface area contributed by atoms with Gasteiger partial charge in [0, 0.05) is 29.3 Å². The van der Waals surface area contributed by atoms with E-state index in [1.165, 1.54) is 22.2 Å². The molecule has 14 heavy (non-hydrogen) atoms. The number of hydrogen-bond acceptors (Lipinski definition) is 1. The molecule has 2 rings (SSSR count). The molecule has 1 atom stereocenters. The van der Waals surface area contributed by atoms with E-state index in [9.17, 15) is 0 Å². The van der Waals surface area contributed by atoms with Crippen molar-refractivity contribution in [1.82, 2.24) is 4.98 Å². The topological polar surface area (TPSA) is 25.0 Å². The molecular weight excluding hydrogens is 174 g/mol. The highest BCUT2D eigenvalue weighted by Gasteiger charge is 2.13. The molecule has 0 fully saturated rings. The normalized spacial score (nSPS) is 13.4. The van der Waals surface area contributed by atoms with E-state index in [1.54, 1.807) is 7.11 Å². The zero-order valence-corrected chi connectivity index (χ0v) is 8.79. The van der Waals surface area contributed by atoms with Gasteiger partial charge >= 0.3 is 0 Å². The standard InChI is InChI=1S/C12H15NO/c1-8-12(9(2)14-3)10-6-4-5-7-11(10)13-8/h4-7,9,13H,1-3H3. The van der Waals surface area contributed by atoms with Crippen LogP contribution in [0, 0.1) is 6.92 Å². The zero-order valence-electron chi connectivity index (χ0n) is 8.79. The van der Waals surface area contributed by atoms with Gasteiger partial charge in [-0.3, -0.25) is 0 Å². The number of aromatic nitrogens is 1. The van der Waals surface area contributed by atoms with Crippen LogP contribution in [0.2, 0.25) is 0 Å². The van der Waals surface area contributed by atoms with Crippen LogP contribution in [-0.2, 0) is 4.74 Å². The van der Waals surface area contributed by atoms with E-state index >= 15 is 0 Å². The van der Waals surface area contributed by atoms with Gasteiger partial charge in [-0.2, -0.15) is 0 Å². The molecule has 2 nitrogen and oxygen atoms in total. The van der Waals surface area contributed by atoms with Crippen LogP contribution in [0.25, 0.3) is 10.9 Å². The molecule has 0 spiro atoms. The highest BCUT2D eigenvalue weighted by Crippen LogP contribution is 2.28. The van der Waals surface area contributed by atoms with Gasteiger partial charge in [0.2, 0.25) is 0 Å². The van der Waals surface area contributed by atoms with Crippen molar-refractivity contribution in [3.8, 4) is 0 Å². The molecule has 0 bridgehead atoms. The third-order valence-corrected chi connectivity index (χ3v) is 2.70. The smallest absolute Gasteiger partial charge is 0.0816 e. The second-order valence-corrected chi connectivity index (χ2v) is 3.59. The van der Waals surface area contributed by atoms with Crippen LogP contribution < -0.4 is 0 Å². The van der Waals surface area contributed by atoms with Crippen LogP contribution in [0.15, 0.2) is 24.3 Å². The Morgan fingerprint density at radius 3 is 2.71 bits per heavy atom. The van der Waals surface area contributed by atoms with Crippen molar-refractivity contribution in [1.29, 1.82) is 0 Å². The number of rotatable bonds is 2. The molecule has 0 amide bonds. The fraction of sp³-hybridized carbons (Fsp3) is 0.333. The molecule has 1 unspecified atom stereocenters. The second-order valence-electron chi connectivity index (χ2n) is 3.59. The van der Waals surface area contributed by atoms with Crippen molar-refractivity contribution in [2.75, 3.05) is 7.11 Å². The molecule has 0 saturated heterocycles. The molecule has 0 aliphatic heterocycles. The summed E-state index contributed by atoms with van der Waals surface area (Å²) in [6, 6.07) is 8.32. The number of hydrogen-bond donors (Lipinski definition) is 1. The van der Waals surface area contributed by atoms with Crippen molar-refractivity contribution < 1.29 is 4.74 Å². The third kappa shape index (κ3) is 1.32. The Bertz CT molecular complexity index is 445. The predicted molar refractivity (Wildman–Crippen MR) is 58.5 cm³/mol. The highest BCUT2D eigenvalue weighted by molar-refractivity contribution is 5.84. The van der Waals surface area contributed by atoms with Gasteiger partial charge in [0.25, 0.3) is 0 Å². The highest BCUT2D eigenvalue weighted by atomic mass is 16.5. The summed E-state index contributed by atoms with van der Waals surface area (Å²) in [7, 11) is 1.74. The molecule has 1 heterocycles. The molecule has 2 aromatic rings. The first kappa shape index (κ1) is 9.28. The maximum Gasteiger partial charge on any atom is 0.0816 e. The van der Waals surface area contributed by atoms with Gasteiger partial charge in [-0.25, -0.2) is 0 Å². The molecule has 0 aliphatic rings. The summed E-state index contributed by atoms with van der Waals surface area (Å²) < 4.78 is 5.36. The minimum atomic E-state index is 0.145. The summed E-state index contributed by atoms with van der Waals surface area (Å²) in [6.07, 6.45) is 0.145. The number of fused-ring (bicyclic) bond motifs is 1. The summed E-state index contributed by atoms with van der Waals surface area (Å²) in [4.78, 5) is 3.36. The van der Waals surface area contributed by atoms with E-state index in [0.717, 1.165) is 0 Å². The SMILES string of the molecule is COC(C)c1c(C)[nH]c2ccccc12. The number of H-pyrrole nitrogens is 1. The fourth-order valence-corrected chi connectivity index (χ4v) is 1.94. The predicted octanol–water partition coefficient (Wildman–Crippen LogP) is 3.18. The van der Waals surface area contributed by atoms with E-state index in [0.29, 0.717) is 0 Å². The second kappa shape index (κ2) is 3.46. The number of methoxy groups -OCH3 is 1. The average molecular weight is 189 g/mol. The first-order valence-electron chi connectivity index (χ1n) is 4.84.